The average molecular weight is 479 g/mol. The van der Waals surface area contributed by atoms with Gasteiger partial charge in [0, 0.05) is 30.0 Å². The number of rotatable bonds is 6. The molecule has 8 heteroatoms. The number of para-hydroxylation sites is 1. The second-order valence-corrected chi connectivity index (χ2v) is 9.02. The van der Waals surface area contributed by atoms with Gasteiger partial charge in [0.05, 0.1) is 19.3 Å². The number of hydrogen-bond donors (Lipinski definition) is 4. The summed E-state index contributed by atoms with van der Waals surface area (Å²) < 4.78 is 32.4. The zero-order valence-corrected chi connectivity index (χ0v) is 19.3. The molecule has 2 heterocycles. The zero-order chi connectivity index (χ0) is 24.4. The third-order valence-corrected chi connectivity index (χ3v) is 6.96. The van der Waals surface area contributed by atoms with E-state index < -0.39 is 0 Å². The lowest BCUT2D eigenvalue weighted by molar-refractivity contribution is -0.129. The van der Waals surface area contributed by atoms with Crippen LogP contribution in [0, 0.1) is 23.5 Å². The summed E-state index contributed by atoms with van der Waals surface area (Å²) in [6.07, 6.45) is 0.355. The van der Waals surface area contributed by atoms with Crippen LogP contribution in [-0.4, -0.2) is 19.2 Å². The van der Waals surface area contributed by atoms with E-state index in [1.54, 1.807) is 31.4 Å². The van der Waals surface area contributed by atoms with E-state index in [1.165, 1.54) is 24.3 Å². The number of piperidine rings is 1. The summed E-state index contributed by atoms with van der Waals surface area (Å²) in [7, 11) is 1.64. The minimum atomic E-state index is -0.353. The Kier molecular flexibility index (Phi) is 6.77. The Morgan fingerprint density at radius 2 is 1.66 bits per heavy atom. The van der Waals surface area contributed by atoms with Gasteiger partial charge in [0.15, 0.2) is 0 Å². The molecule has 0 radical (unpaired) electrons. The molecule has 3 aromatic rings. The Bertz CT molecular complexity index is 1170. The van der Waals surface area contributed by atoms with E-state index in [2.05, 4.69) is 21.5 Å². The fourth-order valence-electron chi connectivity index (χ4n) is 5.23. The van der Waals surface area contributed by atoms with E-state index in [0.29, 0.717) is 13.0 Å². The fraction of sp³-hybridized carbons (Fsp3) is 0.296. The lowest BCUT2D eigenvalue weighted by Gasteiger charge is -2.40. The van der Waals surface area contributed by atoms with Crippen LogP contribution < -0.4 is 26.2 Å². The van der Waals surface area contributed by atoms with Crippen LogP contribution in [-0.2, 0) is 11.3 Å². The SMILES string of the molecule is COc1ccccc1C1CC(C(=O)NCc2ccc(F)cc2)C2C(NNC2c2ccc(F)cc2)N1. The van der Waals surface area contributed by atoms with Crippen molar-refractivity contribution in [1.82, 2.24) is 21.5 Å². The Labute approximate surface area is 203 Å². The molecule has 0 spiro atoms. The molecule has 2 aliphatic heterocycles. The van der Waals surface area contributed by atoms with Gasteiger partial charge in [-0.3, -0.25) is 10.1 Å². The van der Waals surface area contributed by atoms with Gasteiger partial charge in [0.2, 0.25) is 5.91 Å². The van der Waals surface area contributed by atoms with Gasteiger partial charge in [-0.2, -0.15) is 0 Å². The van der Waals surface area contributed by atoms with Gasteiger partial charge in [-0.15, -0.1) is 0 Å². The molecule has 5 atom stereocenters. The van der Waals surface area contributed by atoms with Crippen molar-refractivity contribution in [3.63, 3.8) is 0 Å². The van der Waals surface area contributed by atoms with E-state index in [4.69, 9.17) is 4.74 Å². The fourth-order valence-corrected chi connectivity index (χ4v) is 5.23. The number of methoxy groups -OCH3 is 1. The van der Waals surface area contributed by atoms with Crippen molar-refractivity contribution in [3.05, 3.63) is 101 Å². The Balaban J connectivity index is 1.42. The number of hydrazine groups is 1. The minimum Gasteiger partial charge on any atom is -0.496 e. The van der Waals surface area contributed by atoms with Crippen molar-refractivity contribution in [2.24, 2.45) is 11.8 Å². The van der Waals surface area contributed by atoms with Crippen molar-refractivity contribution < 1.29 is 18.3 Å². The van der Waals surface area contributed by atoms with Gasteiger partial charge < -0.3 is 10.1 Å². The second-order valence-electron chi connectivity index (χ2n) is 9.02. The molecule has 3 aromatic carbocycles. The van der Waals surface area contributed by atoms with Crippen LogP contribution in [0.3, 0.4) is 0 Å². The maximum Gasteiger partial charge on any atom is 0.223 e. The molecule has 0 saturated carbocycles. The highest BCUT2D eigenvalue weighted by Crippen LogP contribution is 2.43. The van der Waals surface area contributed by atoms with Crippen molar-refractivity contribution in [2.45, 2.75) is 31.2 Å². The predicted molar refractivity (Wildman–Crippen MR) is 128 cm³/mol. The predicted octanol–water partition coefficient (Wildman–Crippen LogP) is 3.73. The van der Waals surface area contributed by atoms with Crippen LogP contribution in [0.1, 0.15) is 35.2 Å². The maximum absolute atomic E-state index is 13.6. The summed E-state index contributed by atoms with van der Waals surface area (Å²) in [6, 6.07) is 19.9. The first-order chi connectivity index (χ1) is 17.0. The summed E-state index contributed by atoms with van der Waals surface area (Å²) in [5, 5.41) is 6.68. The summed E-state index contributed by atoms with van der Waals surface area (Å²) >= 11 is 0. The summed E-state index contributed by atoms with van der Waals surface area (Å²) in [6.45, 7) is 0.307. The topological polar surface area (TPSA) is 74.4 Å². The molecule has 2 fully saturated rings. The van der Waals surface area contributed by atoms with Gasteiger partial charge in [-0.05, 0) is 47.9 Å². The summed E-state index contributed by atoms with van der Waals surface area (Å²) in [5.41, 5.74) is 9.33. The van der Waals surface area contributed by atoms with E-state index in [0.717, 1.165) is 22.4 Å². The highest BCUT2D eigenvalue weighted by atomic mass is 19.1. The molecular formula is C27H28F2N4O2. The lowest BCUT2D eigenvalue weighted by atomic mass is 9.74. The molecule has 5 rings (SSSR count). The van der Waals surface area contributed by atoms with Crippen LogP contribution >= 0.6 is 0 Å². The van der Waals surface area contributed by atoms with Crippen LogP contribution in [0.2, 0.25) is 0 Å². The van der Waals surface area contributed by atoms with Gasteiger partial charge >= 0.3 is 0 Å². The quantitative estimate of drug-likeness (QED) is 0.435. The number of amides is 1. The van der Waals surface area contributed by atoms with Gasteiger partial charge in [-0.1, -0.05) is 42.5 Å². The number of ether oxygens (including phenoxy) is 1. The number of carbonyl (C=O) groups is 1. The first-order valence-corrected chi connectivity index (χ1v) is 11.7. The molecule has 2 aliphatic rings. The normalized spacial score (nSPS) is 25.6. The number of benzene rings is 3. The molecule has 35 heavy (non-hydrogen) atoms. The molecule has 0 bridgehead atoms. The van der Waals surface area contributed by atoms with Crippen molar-refractivity contribution >= 4 is 5.91 Å². The van der Waals surface area contributed by atoms with Gasteiger partial charge in [-0.25, -0.2) is 19.6 Å². The molecule has 0 aromatic heterocycles. The third-order valence-electron chi connectivity index (χ3n) is 6.96. The molecule has 1 amide bonds. The minimum absolute atomic E-state index is 0.0802. The molecule has 2 saturated heterocycles. The molecule has 5 unspecified atom stereocenters. The van der Waals surface area contributed by atoms with Crippen molar-refractivity contribution in [3.8, 4) is 5.75 Å². The number of hydrogen-bond acceptors (Lipinski definition) is 5. The average Bonchev–Trinajstić information content (AvgIpc) is 3.32. The van der Waals surface area contributed by atoms with Crippen molar-refractivity contribution in [2.75, 3.05) is 7.11 Å². The summed E-state index contributed by atoms with van der Waals surface area (Å²) in [4.78, 5) is 13.6. The third kappa shape index (κ3) is 4.91. The number of nitrogens with one attached hydrogen (secondary N) is 4. The van der Waals surface area contributed by atoms with E-state index in [-0.39, 0.29) is 47.6 Å². The molecule has 0 aliphatic carbocycles. The Hall–Kier alpha value is -3.33. The zero-order valence-electron chi connectivity index (χ0n) is 19.3. The van der Waals surface area contributed by atoms with Crippen LogP contribution in [0.15, 0.2) is 72.8 Å². The summed E-state index contributed by atoms with van der Waals surface area (Å²) in [5.74, 6) is -0.416. The highest BCUT2D eigenvalue weighted by Gasteiger charge is 2.49. The molecular weight excluding hydrogens is 450 g/mol. The number of halogens is 2. The number of carbonyl (C=O) groups excluding carboxylic acids is 1. The first-order valence-electron chi connectivity index (χ1n) is 11.7. The Morgan fingerprint density at radius 3 is 2.37 bits per heavy atom. The van der Waals surface area contributed by atoms with Crippen molar-refractivity contribution in [1.29, 1.82) is 0 Å². The van der Waals surface area contributed by atoms with Gasteiger partial charge in [0.25, 0.3) is 0 Å². The lowest BCUT2D eigenvalue weighted by Crippen LogP contribution is -2.54. The first kappa shape index (κ1) is 23.4. The Morgan fingerprint density at radius 1 is 0.971 bits per heavy atom. The molecule has 6 nitrogen and oxygen atoms in total. The largest absolute Gasteiger partial charge is 0.496 e. The van der Waals surface area contributed by atoms with Crippen LogP contribution in [0.5, 0.6) is 5.75 Å². The highest BCUT2D eigenvalue weighted by molar-refractivity contribution is 5.79. The molecule has 182 valence electrons. The van der Waals surface area contributed by atoms with E-state index in [9.17, 15) is 13.6 Å². The van der Waals surface area contributed by atoms with Gasteiger partial charge in [0.1, 0.15) is 17.4 Å². The monoisotopic (exact) mass is 478 g/mol. The van der Waals surface area contributed by atoms with Crippen LogP contribution in [0.4, 0.5) is 8.78 Å². The smallest absolute Gasteiger partial charge is 0.223 e. The molecule has 4 N–H and O–H groups in total. The number of fused-ring (bicyclic) bond motifs is 1. The maximum atomic E-state index is 13.6. The standard InChI is InChI=1S/C27H28F2N4O2/c1-35-23-5-3-2-4-20(23)22-14-21(27(34)30-15-16-6-10-18(28)11-7-16)24-25(32-33-26(24)31-22)17-8-12-19(29)13-9-17/h2-13,21-22,24-26,31-33H,14-15H2,1H3,(H,30,34). The second kappa shape index (κ2) is 10.1. The van der Waals surface area contributed by atoms with E-state index in [1.807, 2.05) is 24.3 Å². The van der Waals surface area contributed by atoms with Crippen LogP contribution in [0.25, 0.3) is 0 Å². The van der Waals surface area contributed by atoms with E-state index >= 15 is 0 Å².